The molecule has 21 heavy (non-hydrogen) atoms. The Bertz CT molecular complexity index is 528. The van der Waals surface area contributed by atoms with Crippen LogP contribution in [0.4, 0.5) is 15.8 Å². The lowest BCUT2D eigenvalue weighted by molar-refractivity contribution is -0.384. The van der Waals surface area contributed by atoms with Crippen LogP contribution in [0.15, 0.2) is 18.2 Å². The maximum atomic E-state index is 13.6. The summed E-state index contributed by atoms with van der Waals surface area (Å²) in [5.74, 6) is 0.112. The number of anilines is 1. The fraction of sp³-hybridized carbons (Fsp3) is 0.600. The fourth-order valence-electron chi connectivity index (χ4n) is 3.05. The van der Waals surface area contributed by atoms with E-state index in [1.54, 1.807) is 0 Å². The van der Waals surface area contributed by atoms with E-state index < -0.39 is 10.7 Å². The van der Waals surface area contributed by atoms with Crippen molar-refractivity contribution in [3.63, 3.8) is 0 Å². The fourth-order valence-corrected chi connectivity index (χ4v) is 3.05. The molecule has 0 atom stereocenters. The molecule has 114 valence electrons. The summed E-state index contributed by atoms with van der Waals surface area (Å²) in [4.78, 5) is 12.9. The van der Waals surface area contributed by atoms with Gasteiger partial charge in [0.25, 0.3) is 5.69 Å². The van der Waals surface area contributed by atoms with Gasteiger partial charge in [0.1, 0.15) is 11.5 Å². The number of nitrogens with one attached hydrogen (secondary N) is 1. The summed E-state index contributed by atoms with van der Waals surface area (Å²) in [6, 6.07) is 4.09. The Kier molecular flexibility index (Phi) is 4.05. The molecular formula is C15H20FN3O2. The monoisotopic (exact) mass is 293 g/mol. The topological polar surface area (TPSA) is 58.4 Å². The minimum Gasteiger partial charge on any atom is -0.363 e. The number of nitro groups is 1. The average molecular weight is 293 g/mol. The van der Waals surface area contributed by atoms with Gasteiger partial charge >= 0.3 is 0 Å². The summed E-state index contributed by atoms with van der Waals surface area (Å²) in [6.07, 6.45) is 4.23. The van der Waals surface area contributed by atoms with Crippen LogP contribution in [0.1, 0.15) is 25.7 Å². The van der Waals surface area contributed by atoms with E-state index >= 15 is 0 Å². The van der Waals surface area contributed by atoms with Crippen molar-refractivity contribution in [3.8, 4) is 0 Å². The molecule has 1 saturated carbocycles. The third-order valence-corrected chi connectivity index (χ3v) is 4.34. The van der Waals surface area contributed by atoms with Crippen molar-refractivity contribution in [2.24, 2.45) is 5.92 Å². The highest BCUT2D eigenvalue weighted by Gasteiger charge is 2.34. The standard InChI is InChI=1S/C15H20FN3O2/c16-12-1-4-14(19(20)21)15(9-12)18(13-2-3-13)10-11-5-7-17-8-6-11/h1,4,9,11,13,17H,2-3,5-8,10H2. The summed E-state index contributed by atoms with van der Waals surface area (Å²) in [6.45, 7) is 2.78. The minimum absolute atomic E-state index is 0.0113. The van der Waals surface area contributed by atoms with E-state index in [2.05, 4.69) is 10.2 Å². The largest absolute Gasteiger partial charge is 0.363 e. The van der Waals surface area contributed by atoms with Gasteiger partial charge in [-0.05, 0) is 50.8 Å². The molecule has 1 aliphatic heterocycles. The molecule has 0 radical (unpaired) electrons. The van der Waals surface area contributed by atoms with Gasteiger partial charge in [-0.25, -0.2) is 4.39 Å². The van der Waals surface area contributed by atoms with E-state index in [4.69, 9.17) is 0 Å². The molecule has 3 rings (SSSR count). The predicted molar refractivity (Wildman–Crippen MR) is 79.0 cm³/mol. The van der Waals surface area contributed by atoms with Gasteiger partial charge in [-0.1, -0.05) is 0 Å². The van der Waals surface area contributed by atoms with E-state index in [0.717, 1.165) is 51.4 Å². The first-order valence-corrected chi connectivity index (χ1v) is 7.56. The number of nitrogens with zero attached hydrogens (tertiary/aromatic N) is 2. The molecule has 5 nitrogen and oxygen atoms in total. The maximum absolute atomic E-state index is 13.6. The number of hydrogen-bond acceptors (Lipinski definition) is 4. The molecule has 0 spiro atoms. The third-order valence-electron chi connectivity index (χ3n) is 4.34. The molecule has 1 heterocycles. The molecule has 1 aromatic rings. The van der Waals surface area contributed by atoms with Crippen molar-refractivity contribution >= 4 is 11.4 Å². The van der Waals surface area contributed by atoms with Gasteiger partial charge in [-0.2, -0.15) is 0 Å². The van der Waals surface area contributed by atoms with E-state index in [0.29, 0.717) is 17.6 Å². The second-order valence-corrected chi connectivity index (χ2v) is 5.97. The zero-order valence-corrected chi connectivity index (χ0v) is 11.9. The molecule has 0 unspecified atom stereocenters. The van der Waals surface area contributed by atoms with Crippen molar-refractivity contribution < 1.29 is 9.31 Å². The van der Waals surface area contributed by atoms with Crippen LogP contribution in [-0.2, 0) is 0 Å². The number of hydrogen-bond donors (Lipinski definition) is 1. The van der Waals surface area contributed by atoms with Gasteiger partial charge in [-0.3, -0.25) is 10.1 Å². The molecule has 1 N–H and O–H groups in total. The SMILES string of the molecule is O=[N+]([O-])c1ccc(F)cc1N(CC1CCNCC1)C1CC1. The Morgan fingerprint density at radius 3 is 2.62 bits per heavy atom. The molecule has 0 aromatic heterocycles. The zero-order valence-electron chi connectivity index (χ0n) is 11.9. The highest BCUT2D eigenvalue weighted by molar-refractivity contribution is 5.64. The summed E-state index contributed by atoms with van der Waals surface area (Å²) < 4.78 is 13.6. The van der Waals surface area contributed by atoms with Crippen molar-refractivity contribution in [1.29, 1.82) is 0 Å². The molecule has 2 fully saturated rings. The Balaban J connectivity index is 1.86. The average Bonchev–Trinajstić information content (AvgIpc) is 3.30. The molecule has 0 amide bonds. The second kappa shape index (κ2) is 5.97. The number of benzene rings is 1. The summed E-state index contributed by atoms with van der Waals surface area (Å²) >= 11 is 0. The van der Waals surface area contributed by atoms with Crippen molar-refractivity contribution in [3.05, 3.63) is 34.1 Å². The second-order valence-electron chi connectivity index (χ2n) is 5.97. The summed E-state index contributed by atoms with van der Waals surface area (Å²) in [5.41, 5.74) is 0.457. The third kappa shape index (κ3) is 3.32. The number of halogens is 1. The van der Waals surface area contributed by atoms with Crippen LogP contribution in [0.3, 0.4) is 0 Å². The Morgan fingerprint density at radius 2 is 2.00 bits per heavy atom. The Morgan fingerprint density at radius 1 is 1.29 bits per heavy atom. The highest BCUT2D eigenvalue weighted by Crippen LogP contribution is 2.38. The minimum atomic E-state index is -0.411. The lowest BCUT2D eigenvalue weighted by Gasteiger charge is -2.31. The number of piperidine rings is 1. The molecule has 1 aliphatic carbocycles. The summed E-state index contributed by atoms with van der Waals surface area (Å²) in [7, 11) is 0. The van der Waals surface area contributed by atoms with E-state index in [9.17, 15) is 14.5 Å². The normalized spacial score (nSPS) is 19.5. The van der Waals surface area contributed by atoms with Gasteiger partial charge in [0.2, 0.25) is 0 Å². The molecule has 0 bridgehead atoms. The molecule has 6 heteroatoms. The van der Waals surface area contributed by atoms with Crippen molar-refractivity contribution in [2.45, 2.75) is 31.7 Å². The van der Waals surface area contributed by atoms with Crippen LogP contribution in [-0.4, -0.2) is 30.6 Å². The lowest BCUT2D eigenvalue weighted by atomic mass is 9.97. The van der Waals surface area contributed by atoms with Crippen molar-refractivity contribution in [2.75, 3.05) is 24.5 Å². The first-order chi connectivity index (χ1) is 10.1. The van der Waals surface area contributed by atoms with Crippen LogP contribution in [0, 0.1) is 21.8 Å². The van der Waals surface area contributed by atoms with Gasteiger partial charge in [-0.15, -0.1) is 0 Å². The first kappa shape index (κ1) is 14.3. The van der Waals surface area contributed by atoms with Crippen LogP contribution in [0.5, 0.6) is 0 Å². The van der Waals surface area contributed by atoms with Crippen LogP contribution in [0.2, 0.25) is 0 Å². The van der Waals surface area contributed by atoms with E-state index in [1.165, 1.54) is 12.1 Å². The molecule has 1 saturated heterocycles. The molecule has 1 aromatic carbocycles. The van der Waals surface area contributed by atoms with E-state index in [1.807, 2.05) is 0 Å². The van der Waals surface area contributed by atoms with Gasteiger partial charge in [0, 0.05) is 24.7 Å². The van der Waals surface area contributed by atoms with Gasteiger partial charge < -0.3 is 10.2 Å². The van der Waals surface area contributed by atoms with E-state index in [-0.39, 0.29) is 5.69 Å². The molecular weight excluding hydrogens is 273 g/mol. The lowest BCUT2D eigenvalue weighted by Crippen LogP contribution is -2.37. The number of nitro benzene ring substituents is 1. The van der Waals surface area contributed by atoms with Crippen LogP contribution >= 0.6 is 0 Å². The maximum Gasteiger partial charge on any atom is 0.292 e. The molecule has 2 aliphatic rings. The number of rotatable bonds is 5. The zero-order chi connectivity index (χ0) is 14.8. The summed E-state index contributed by atoms with van der Waals surface area (Å²) in [5, 5.41) is 14.5. The highest BCUT2D eigenvalue weighted by atomic mass is 19.1. The van der Waals surface area contributed by atoms with Gasteiger partial charge in [0.05, 0.1) is 4.92 Å². The smallest absolute Gasteiger partial charge is 0.292 e. The first-order valence-electron chi connectivity index (χ1n) is 7.56. The van der Waals surface area contributed by atoms with Crippen LogP contribution in [0.25, 0.3) is 0 Å². The predicted octanol–water partition coefficient (Wildman–Crippen LogP) is 2.70. The quantitative estimate of drug-likeness (QED) is 0.670. The Hall–Kier alpha value is -1.69. The Labute approximate surface area is 123 Å². The van der Waals surface area contributed by atoms with Crippen molar-refractivity contribution in [1.82, 2.24) is 5.32 Å². The van der Waals surface area contributed by atoms with Gasteiger partial charge in [0.15, 0.2) is 0 Å². The van der Waals surface area contributed by atoms with Crippen LogP contribution < -0.4 is 10.2 Å².